The molecule has 4 aromatic carbocycles. The van der Waals surface area contributed by atoms with Gasteiger partial charge in [0.1, 0.15) is 18.0 Å². The van der Waals surface area contributed by atoms with Gasteiger partial charge in [0.15, 0.2) is 6.61 Å². The smallest absolute Gasteiger partial charge is 0.296 e. The van der Waals surface area contributed by atoms with Gasteiger partial charge in [0, 0.05) is 7.05 Å². The summed E-state index contributed by atoms with van der Waals surface area (Å²) in [6.45, 7) is 2.64. The lowest BCUT2D eigenvalue weighted by atomic mass is 10.1. The molecule has 0 spiro atoms. The Morgan fingerprint density at radius 1 is 0.878 bits per heavy atom. The Labute approximate surface area is 284 Å². The first-order valence-electron chi connectivity index (χ1n) is 15.4. The van der Waals surface area contributed by atoms with Gasteiger partial charge in [-0.15, -0.1) is 0 Å². The summed E-state index contributed by atoms with van der Waals surface area (Å²) >= 11 is 0. The van der Waals surface area contributed by atoms with E-state index in [9.17, 15) is 22.8 Å². The highest BCUT2D eigenvalue weighted by Crippen LogP contribution is 2.25. The van der Waals surface area contributed by atoms with Crippen LogP contribution in [0.1, 0.15) is 29.8 Å². The molecule has 0 fully saturated rings. The van der Waals surface area contributed by atoms with Crippen molar-refractivity contribution in [1.82, 2.24) is 20.1 Å². The average molecular weight is 681 g/mol. The van der Waals surface area contributed by atoms with Gasteiger partial charge in [-0.25, -0.2) is 22.8 Å². The summed E-state index contributed by atoms with van der Waals surface area (Å²) in [5, 5.41) is 6.87. The number of para-hydroxylation sites is 1. The molecule has 1 aromatic heterocycles. The van der Waals surface area contributed by atoms with Crippen LogP contribution in [-0.4, -0.2) is 49.0 Å². The molecule has 252 valence electrons. The van der Waals surface area contributed by atoms with Crippen LogP contribution in [0.3, 0.4) is 0 Å². The normalized spacial score (nSPS) is 12.0. The quantitative estimate of drug-likeness (QED) is 0.142. The van der Waals surface area contributed by atoms with E-state index in [1.54, 1.807) is 91.4 Å². The number of hydrogen-bond donors (Lipinski definition) is 2. The van der Waals surface area contributed by atoms with Crippen molar-refractivity contribution < 1.29 is 22.7 Å². The van der Waals surface area contributed by atoms with E-state index in [0.717, 1.165) is 9.87 Å². The number of hydrazone groups is 1. The third-order valence-electron chi connectivity index (χ3n) is 7.72. The molecule has 0 aliphatic rings. The van der Waals surface area contributed by atoms with Crippen LogP contribution in [0, 0.1) is 6.92 Å². The minimum absolute atomic E-state index is 0.0780. The minimum atomic E-state index is -4.34. The zero-order valence-electron chi connectivity index (χ0n) is 27.2. The second kappa shape index (κ2) is 15.3. The second-order valence-electron chi connectivity index (χ2n) is 11.1. The number of nitrogens with zero attached hydrogens (tertiary/aromatic N) is 4. The van der Waals surface area contributed by atoms with Gasteiger partial charge < -0.3 is 10.1 Å². The number of carbonyl (C=O) groups is 2. The fourth-order valence-corrected chi connectivity index (χ4v) is 6.59. The molecule has 1 heterocycles. The topological polar surface area (TPSA) is 144 Å². The monoisotopic (exact) mass is 680 g/mol. The first-order valence-corrected chi connectivity index (χ1v) is 16.8. The first-order chi connectivity index (χ1) is 23.6. The number of sulfonamides is 1. The Hall–Kier alpha value is -5.95. The van der Waals surface area contributed by atoms with E-state index < -0.39 is 28.0 Å². The predicted octanol–water partition coefficient (Wildman–Crippen LogP) is 4.09. The van der Waals surface area contributed by atoms with Crippen LogP contribution < -0.4 is 25.3 Å². The lowest BCUT2D eigenvalue weighted by Crippen LogP contribution is -2.42. The molecule has 0 aliphatic heterocycles. The molecule has 1 atom stereocenters. The largest absolute Gasteiger partial charge is 0.484 e. The maximum atomic E-state index is 13.9. The summed E-state index contributed by atoms with van der Waals surface area (Å²) in [6, 6.07) is 32.5. The lowest BCUT2D eigenvalue weighted by molar-refractivity contribution is -0.123. The van der Waals surface area contributed by atoms with Crippen molar-refractivity contribution in [3.63, 3.8) is 0 Å². The number of rotatable bonds is 13. The summed E-state index contributed by atoms with van der Waals surface area (Å²) in [5.41, 5.74) is 4.06. The van der Waals surface area contributed by atoms with Crippen molar-refractivity contribution in [3.8, 4) is 11.4 Å². The Morgan fingerprint density at radius 3 is 2.10 bits per heavy atom. The summed E-state index contributed by atoms with van der Waals surface area (Å²) in [5.74, 6) is -0.567. The summed E-state index contributed by atoms with van der Waals surface area (Å²) in [6.07, 6.45) is 1.38. The third kappa shape index (κ3) is 8.14. The summed E-state index contributed by atoms with van der Waals surface area (Å²) < 4.78 is 37.1. The Balaban J connectivity index is 1.26. The molecule has 2 amide bonds. The number of hydrogen-bond acceptors (Lipinski definition) is 7. The number of carbonyl (C=O) groups excluding carboxylic acids is 2. The first kappa shape index (κ1) is 34.4. The van der Waals surface area contributed by atoms with Crippen molar-refractivity contribution in [3.05, 3.63) is 142 Å². The Kier molecular flexibility index (Phi) is 10.7. The number of aromatic nitrogens is 2. The average Bonchev–Trinajstić information content (AvgIpc) is 3.34. The molecule has 0 saturated carbocycles. The van der Waals surface area contributed by atoms with E-state index in [2.05, 4.69) is 15.8 Å². The highest BCUT2D eigenvalue weighted by Gasteiger charge is 2.33. The van der Waals surface area contributed by atoms with Gasteiger partial charge in [-0.1, -0.05) is 66.7 Å². The maximum Gasteiger partial charge on any atom is 0.296 e. The Bertz CT molecular complexity index is 2100. The fourth-order valence-electron chi connectivity index (χ4n) is 5.10. The molecule has 0 unspecified atom stereocenters. The molecule has 0 radical (unpaired) electrons. The van der Waals surface area contributed by atoms with E-state index in [1.807, 2.05) is 37.3 Å². The number of benzene rings is 4. The van der Waals surface area contributed by atoms with Crippen molar-refractivity contribution in [2.75, 3.05) is 17.5 Å². The molecule has 0 bridgehead atoms. The third-order valence-corrected chi connectivity index (χ3v) is 9.48. The zero-order chi connectivity index (χ0) is 35.0. The van der Waals surface area contributed by atoms with Crippen LogP contribution in [-0.2, 0) is 26.7 Å². The molecule has 13 heteroatoms. The van der Waals surface area contributed by atoms with Crippen molar-refractivity contribution in [2.45, 2.75) is 24.8 Å². The van der Waals surface area contributed by atoms with Crippen LogP contribution in [0.5, 0.6) is 5.75 Å². The number of amides is 2. The van der Waals surface area contributed by atoms with Gasteiger partial charge in [0.05, 0.1) is 28.5 Å². The minimum Gasteiger partial charge on any atom is -0.484 e. The standard InChI is InChI=1S/C36H36N6O6S/c1-26(29-13-7-4-8-14-29)38-34(44)25-48-31-21-19-28(20-22-31)23-37-39-33(43)24-41(49(46,47)32-17-11-6-12-18-32)35-27(2)40(3)42(36(35)45)30-15-9-5-10-16-30/h4-23,26H,24-25H2,1-3H3,(H,38,44)(H,39,43)/b37-23-/t26-/m1/s1. The van der Waals surface area contributed by atoms with Crippen molar-refractivity contribution in [1.29, 1.82) is 0 Å². The summed E-state index contributed by atoms with van der Waals surface area (Å²) in [7, 11) is -2.70. The second-order valence-corrected chi connectivity index (χ2v) is 12.9. The van der Waals surface area contributed by atoms with Gasteiger partial charge in [0.25, 0.3) is 27.4 Å². The van der Waals surface area contributed by atoms with Gasteiger partial charge in [-0.05, 0) is 73.5 Å². The van der Waals surface area contributed by atoms with E-state index in [4.69, 9.17) is 4.74 Å². The van der Waals surface area contributed by atoms with Crippen molar-refractivity contribution in [2.24, 2.45) is 12.1 Å². The molecular formula is C36H36N6O6S. The fraction of sp³-hybridized carbons (Fsp3) is 0.167. The lowest BCUT2D eigenvalue weighted by Gasteiger charge is -2.22. The molecule has 0 saturated heterocycles. The maximum absolute atomic E-state index is 13.9. The van der Waals surface area contributed by atoms with Crippen LogP contribution in [0.2, 0.25) is 0 Å². The van der Waals surface area contributed by atoms with Crippen molar-refractivity contribution >= 4 is 33.7 Å². The van der Waals surface area contributed by atoms with Gasteiger partial charge in [-0.2, -0.15) is 5.10 Å². The molecule has 5 aromatic rings. The number of ether oxygens (including phenoxy) is 1. The van der Waals surface area contributed by atoms with E-state index >= 15 is 0 Å². The SMILES string of the molecule is Cc1c(N(CC(=O)N/N=C\c2ccc(OCC(=O)N[C@H](C)c3ccccc3)cc2)S(=O)(=O)c2ccccc2)c(=O)n(-c2ccccc2)n1C. The number of nitrogens with one attached hydrogen (secondary N) is 2. The molecule has 5 rings (SSSR count). The van der Waals surface area contributed by atoms with Crippen LogP contribution in [0.15, 0.2) is 130 Å². The highest BCUT2D eigenvalue weighted by molar-refractivity contribution is 7.92. The zero-order valence-corrected chi connectivity index (χ0v) is 28.0. The number of anilines is 1. The molecule has 12 nitrogen and oxygen atoms in total. The molecule has 0 aliphatic carbocycles. The van der Waals surface area contributed by atoms with Crippen LogP contribution >= 0.6 is 0 Å². The van der Waals surface area contributed by atoms with Crippen LogP contribution in [0.25, 0.3) is 5.69 Å². The Morgan fingerprint density at radius 2 is 1.47 bits per heavy atom. The molecular weight excluding hydrogens is 644 g/mol. The van der Waals surface area contributed by atoms with E-state index in [-0.39, 0.29) is 29.1 Å². The summed E-state index contributed by atoms with van der Waals surface area (Å²) in [4.78, 5) is 39.2. The van der Waals surface area contributed by atoms with E-state index in [1.165, 1.54) is 23.0 Å². The highest BCUT2D eigenvalue weighted by atomic mass is 32.2. The van der Waals surface area contributed by atoms with Gasteiger partial charge in [-0.3, -0.25) is 19.1 Å². The van der Waals surface area contributed by atoms with Gasteiger partial charge in [0.2, 0.25) is 0 Å². The predicted molar refractivity (Wildman–Crippen MR) is 187 cm³/mol. The van der Waals surface area contributed by atoms with Gasteiger partial charge >= 0.3 is 0 Å². The van der Waals surface area contributed by atoms with E-state index in [0.29, 0.717) is 22.7 Å². The van der Waals surface area contributed by atoms with Crippen LogP contribution in [0.4, 0.5) is 5.69 Å². The molecule has 49 heavy (non-hydrogen) atoms. The molecule has 2 N–H and O–H groups in total.